The summed E-state index contributed by atoms with van der Waals surface area (Å²) in [5, 5.41) is 9.96. The van der Waals surface area contributed by atoms with Crippen molar-refractivity contribution in [2.45, 2.75) is 76.7 Å². The molecule has 2 unspecified atom stereocenters. The molecule has 0 spiro atoms. The Labute approximate surface area is 231 Å². The van der Waals surface area contributed by atoms with Crippen LogP contribution in [-0.2, 0) is 11.2 Å². The molecule has 1 aliphatic carbocycles. The van der Waals surface area contributed by atoms with E-state index in [1.165, 1.54) is 57.7 Å². The predicted octanol–water partition coefficient (Wildman–Crippen LogP) is 5.97. The molecule has 1 saturated carbocycles. The van der Waals surface area contributed by atoms with Crippen LogP contribution in [0.15, 0.2) is 30.5 Å². The van der Waals surface area contributed by atoms with E-state index in [9.17, 15) is 14.3 Å². The fraction of sp³-hybridized carbons (Fsp3) is 0.633. The number of likely N-dealkylation sites (tertiary alicyclic amines) is 2. The minimum atomic E-state index is -0.711. The molecule has 38 heavy (non-hydrogen) atoms. The summed E-state index contributed by atoms with van der Waals surface area (Å²) >= 11 is 5.98. The number of carboxylic acids is 1. The van der Waals surface area contributed by atoms with E-state index in [-0.39, 0.29) is 17.8 Å². The second kappa shape index (κ2) is 13.8. The normalized spacial score (nSPS) is 21.6. The molecule has 1 aromatic heterocycles. The van der Waals surface area contributed by atoms with Gasteiger partial charge >= 0.3 is 5.97 Å². The highest BCUT2D eigenvalue weighted by Gasteiger charge is 2.37. The summed E-state index contributed by atoms with van der Waals surface area (Å²) in [7, 11) is 2.21. The number of carbonyl (C=O) groups is 1. The lowest BCUT2D eigenvalue weighted by atomic mass is 9.91. The van der Waals surface area contributed by atoms with E-state index in [0.717, 1.165) is 55.2 Å². The highest BCUT2D eigenvalue weighted by atomic mass is 35.5. The number of halogens is 2. The summed E-state index contributed by atoms with van der Waals surface area (Å²) in [5.74, 6) is 0.830. The van der Waals surface area contributed by atoms with Crippen molar-refractivity contribution in [3.63, 3.8) is 0 Å². The quantitative estimate of drug-likeness (QED) is 0.419. The van der Waals surface area contributed by atoms with E-state index in [1.807, 2.05) is 19.2 Å². The molecule has 208 valence electrons. The van der Waals surface area contributed by atoms with Gasteiger partial charge in [-0.3, -0.25) is 14.7 Å². The third-order valence-electron chi connectivity index (χ3n) is 8.35. The molecule has 2 saturated heterocycles. The van der Waals surface area contributed by atoms with Gasteiger partial charge in [0.1, 0.15) is 11.9 Å². The minimum absolute atomic E-state index is 0.214. The van der Waals surface area contributed by atoms with Crippen molar-refractivity contribution in [3.05, 3.63) is 58.4 Å². The van der Waals surface area contributed by atoms with Crippen LogP contribution in [0.2, 0.25) is 5.15 Å². The number of piperidine rings is 1. The number of nitrogens with zero attached hydrogens (tertiary/aromatic N) is 4. The Morgan fingerprint density at radius 3 is 2.58 bits per heavy atom. The topological polar surface area (TPSA) is 69.6 Å². The largest absolute Gasteiger partial charge is 0.480 e. The lowest BCUT2D eigenvalue weighted by Gasteiger charge is -2.28. The van der Waals surface area contributed by atoms with Crippen molar-refractivity contribution < 1.29 is 14.3 Å². The van der Waals surface area contributed by atoms with E-state index >= 15 is 0 Å². The number of aliphatic carboxylic acids is 1. The van der Waals surface area contributed by atoms with Crippen LogP contribution >= 0.6 is 11.6 Å². The minimum Gasteiger partial charge on any atom is -0.480 e. The highest BCUT2D eigenvalue weighted by Crippen LogP contribution is 2.37. The van der Waals surface area contributed by atoms with E-state index < -0.39 is 5.97 Å². The molecule has 0 radical (unpaired) electrons. The van der Waals surface area contributed by atoms with Crippen LogP contribution in [0.3, 0.4) is 0 Å². The molecule has 0 amide bonds. The maximum absolute atomic E-state index is 13.3. The lowest BCUT2D eigenvalue weighted by molar-refractivity contribution is -0.143. The smallest absolute Gasteiger partial charge is 0.320 e. The molecule has 3 fully saturated rings. The Morgan fingerprint density at radius 2 is 1.92 bits per heavy atom. The molecule has 1 N–H and O–H groups in total. The van der Waals surface area contributed by atoms with Crippen LogP contribution in [0.25, 0.3) is 0 Å². The number of carboxylic acid groups (broad SMARTS) is 1. The number of aryl methyl sites for hydroxylation is 2. The van der Waals surface area contributed by atoms with Gasteiger partial charge in [-0.1, -0.05) is 36.6 Å². The summed E-state index contributed by atoms with van der Waals surface area (Å²) < 4.78 is 13.3. The molecule has 5 rings (SSSR count). The highest BCUT2D eigenvalue weighted by molar-refractivity contribution is 6.29. The molecule has 2 aromatic rings. The van der Waals surface area contributed by atoms with Crippen LogP contribution in [0, 0.1) is 24.6 Å². The monoisotopic (exact) mass is 544 g/mol. The zero-order chi connectivity index (χ0) is 27.1. The molecule has 8 heteroatoms. The second-order valence-corrected chi connectivity index (χ2v) is 11.8. The summed E-state index contributed by atoms with van der Waals surface area (Å²) in [6.07, 6.45) is 12.1. The molecule has 0 bridgehead atoms. The third kappa shape index (κ3) is 8.72. The van der Waals surface area contributed by atoms with Crippen LogP contribution in [-0.4, -0.2) is 70.1 Å². The maximum atomic E-state index is 13.3. The Kier molecular flexibility index (Phi) is 10.5. The number of hydrogen-bond donors (Lipinski definition) is 1. The zero-order valence-corrected chi connectivity index (χ0v) is 23.5. The van der Waals surface area contributed by atoms with Crippen LogP contribution in [0.1, 0.15) is 74.2 Å². The Bertz CT molecular complexity index is 1060. The maximum Gasteiger partial charge on any atom is 0.320 e. The van der Waals surface area contributed by atoms with Crippen LogP contribution in [0.5, 0.6) is 0 Å². The molecule has 1 aromatic carbocycles. The van der Waals surface area contributed by atoms with E-state index in [1.54, 1.807) is 12.1 Å². The third-order valence-corrected chi connectivity index (χ3v) is 8.71. The second-order valence-electron chi connectivity index (χ2n) is 11.4. The van der Waals surface area contributed by atoms with Crippen LogP contribution < -0.4 is 0 Å². The van der Waals surface area contributed by atoms with Gasteiger partial charge in [0.25, 0.3) is 0 Å². The number of aromatic nitrogens is 2. The molecule has 3 heterocycles. The van der Waals surface area contributed by atoms with E-state index in [2.05, 4.69) is 26.8 Å². The van der Waals surface area contributed by atoms with Crippen LogP contribution in [0.4, 0.5) is 4.39 Å². The van der Waals surface area contributed by atoms with Gasteiger partial charge < -0.3 is 10.0 Å². The molecule has 6 nitrogen and oxygen atoms in total. The fourth-order valence-corrected chi connectivity index (χ4v) is 5.84. The van der Waals surface area contributed by atoms with Gasteiger partial charge in [0.15, 0.2) is 5.15 Å². The van der Waals surface area contributed by atoms with Crippen molar-refractivity contribution in [2.24, 2.45) is 11.8 Å². The van der Waals surface area contributed by atoms with E-state index in [4.69, 9.17) is 11.6 Å². The molecule has 2 atom stereocenters. The molecular weight excluding hydrogens is 503 g/mol. The SMILES string of the molecule is Cc1ncc(CCCC2CCN(C)CC2)nc1Cl.O=C(O)C(CC1CC1)N1CCC(c2cccc(F)c2)C1. The lowest BCUT2D eigenvalue weighted by Crippen LogP contribution is -2.40. The average molecular weight is 545 g/mol. The number of benzene rings is 1. The van der Waals surface area contributed by atoms with Gasteiger partial charge in [-0.25, -0.2) is 9.37 Å². The summed E-state index contributed by atoms with van der Waals surface area (Å²) in [6, 6.07) is 6.33. The van der Waals surface area contributed by atoms with Gasteiger partial charge in [-0.2, -0.15) is 0 Å². The van der Waals surface area contributed by atoms with Gasteiger partial charge in [-0.05, 0) is 114 Å². The van der Waals surface area contributed by atoms with Crippen molar-refractivity contribution in [1.82, 2.24) is 19.8 Å². The zero-order valence-electron chi connectivity index (χ0n) is 22.8. The predicted molar refractivity (Wildman–Crippen MR) is 149 cm³/mol. The van der Waals surface area contributed by atoms with Crippen molar-refractivity contribution in [3.8, 4) is 0 Å². The molecule has 3 aliphatic rings. The van der Waals surface area contributed by atoms with Gasteiger partial charge in [0, 0.05) is 12.7 Å². The summed E-state index contributed by atoms with van der Waals surface area (Å²) in [6.45, 7) is 5.91. The van der Waals surface area contributed by atoms with Gasteiger partial charge in [0.2, 0.25) is 0 Å². The number of rotatable bonds is 9. The van der Waals surface area contributed by atoms with Crippen molar-refractivity contribution in [2.75, 3.05) is 33.2 Å². The Hall–Kier alpha value is -2.09. The first-order chi connectivity index (χ1) is 18.3. The first-order valence-corrected chi connectivity index (χ1v) is 14.5. The van der Waals surface area contributed by atoms with E-state index in [0.29, 0.717) is 11.1 Å². The Morgan fingerprint density at radius 1 is 1.16 bits per heavy atom. The first kappa shape index (κ1) is 28.9. The summed E-state index contributed by atoms with van der Waals surface area (Å²) in [5.41, 5.74) is 2.83. The fourth-order valence-electron chi connectivity index (χ4n) is 5.68. The van der Waals surface area contributed by atoms with Gasteiger partial charge in [0.05, 0.1) is 11.4 Å². The van der Waals surface area contributed by atoms with Crippen molar-refractivity contribution in [1.29, 1.82) is 0 Å². The number of hydrogen-bond acceptors (Lipinski definition) is 5. The standard InChI is InChI=1S/C16H20FNO2.C14H22ClN3/c17-14-3-1-2-12(9-14)13-6-7-18(10-13)15(16(19)20)8-11-4-5-11;1-11-14(15)17-13(10-16-11)5-3-4-12-6-8-18(2)9-7-12/h1-3,9,11,13,15H,4-8,10H2,(H,19,20);10,12H,3-9H2,1-2H3. The molecule has 2 aliphatic heterocycles. The Balaban J connectivity index is 0.000000178. The summed E-state index contributed by atoms with van der Waals surface area (Å²) in [4.78, 5) is 24.5. The van der Waals surface area contributed by atoms with Crippen molar-refractivity contribution >= 4 is 17.6 Å². The first-order valence-electron chi connectivity index (χ1n) is 14.2. The average Bonchev–Trinajstić information content (AvgIpc) is 3.59. The molecular formula is C30H42ClFN4O2. The van der Waals surface area contributed by atoms with Gasteiger partial charge in [-0.15, -0.1) is 0 Å².